The van der Waals surface area contributed by atoms with Crippen molar-refractivity contribution < 1.29 is 9.13 Å². The monoisotopic (exact) mass is 362 g/mol. The lowest BCUT2D eigenvalue weighted by atomic mass is 10.0. The molecule has 0 N–H and O–H groups in total. The molecule has 0 heterocycles. The van der Waals surface area contributed by atoms with Crippen LogP contribution < -0.4 is 4.74 Å². The third kappa shape index (κ3) is 3.04. The Hall–Kier alpha value is -0.770. The van der Waals surface area contributed by atoms with Crippen LogP contribution in [-0.4, -0.2) is 7.11 Å². The van der Waals surface area contributed by atoms with Crippen molar-refractivity contribution in [2.45, 2.75) is 4.83 Å². The molecule has 0 spiro atoms. The fourth-order valence-electron chi connectivity index (χ4n) is 1.81. The maximum Gasteiger partial charge on any atom is 0.129 e. The summed E-state index contributed by atoms with van der Waals surface area (Å²) in [5, 5.41) is 0.900. The van der Waals surface area contributed by atoms with Gasteiger partial charge in [-0.05, 0) is 30.3 Å². The number of halogens is 4. The summed E-state index contributed by atoms with van der Waals surface area (Å²) in [6.07, 6.45) is 0. The molecule has 0 saturated heterocycles. The fourth-order valence-corrected chi connectivity index (χ4v) is 3.22. The maximum atomic E-state index is 13.9. The number of alkyl halides is 1. The van der Waals surface area contributed by atoms with E-state index < -0.39 is 4.83 Å². The van der Waals surface area contributed by atoms with Crippen molar-refractivity contribution in [1.82, 2.24) is 0 Å². The molecule has 0 fully saturated rings. The highest BCUT2D eigenvalue weighted by Crippen LogP contribution is 2.41. The van der Waals surface area contributed by atoms with Gasteiger partial charge in [0.25, 0.3) is 0 Å². The Balaban J connectivity index is 2.55. The molecule has 0 amide bonds. The number of hydrogen-bond acceptors (Lipinski definition) is 1. The van der Waals surface area contributed by atoms with Gasteiger partial charge in [-0.3, -0.25) is 0 Å². The first kappa shape index (κ1) is 14.6. The van der Waals surface area contributed by atoms with Crippen molar-refractivity contribution in [3.8, 4) is 5.75 Å². The third-order valence-electron chi connectivity index (χ3n) is 2.72. The molecule has 0 bridgehead atoms. The van der Waals surface area contributed by atoms with Gasteiger partial charge in [-0.2, -0.15) is 0 Å². The summed E-state index contributed by atoms with van der Waals surface area (Å²) in [6.45, 7) is 0. The van der Waals surface area contributed by atoms with Crippen LogP contribution in [0.15, 0.2) is 36.4 Å². The third-order valence-corrected chi connectivity index (χ3v) is 4.23. The minimum Gasteiger partial charge on any atom is -0.496 e. The Bertz CT molecular complexity index is 584. The zero-order valence-electron chi connectivity index (χ0n) is 9.96. The lowest BCUT2D eigenvalue weighted by molar-refractivity contribution is 0.410. The summed E-state index contributed by atoms with van der Waals surface area (Å²) < 4.78 is 19.2. The van der Waals surface area contributed by atoms with Gasteiger partial charge in [-0.25, -0.2) is 4.39 Å². The Labute approximate surface area is 129 Å². The number of hydrogen-bond donors (Lipinski definition) is 0. The van der Waals surface area contributed by atoms with Crippen LogP contribution in [0.25, 0.3) is 0 Å². The topological polar surface area (TPSA) is 9.23 Å². The molecule has 100 valence electrons. The van der Waals surface area contributed by atoms with Crippen molar-refractivity contribution in [2.75, 3.05) is 7.11 Å². The average Bonchev–Trinajstić information content (AvgIpc) is 2.38. The van der Waals surface area contributed by atoms with E-state index in [1.807, 2.05) is 0 Å². The molecule has 0 aliphatic heterocycles. The van der Waals surface area contributed by atoms with E-state index >= 15 is 0 Å². The Morgan fingerprint density at radius 2 is 1.95 bits per heavy atom. The van der Waals surface area contributed by atoms with Gasteiger partial charge in [0, 0.05) is 21.2 Å². The summed E-state index contributed by atoms with van der Waals surface area (Å²) >= 11 is 15.5. The summed E-state index contributed by atoms with van der Waals surface area (Å²) in [7, 11) is 1.55. The fraction of sp³-hybridized carbons (Fsp3) is 0.143. The quantitative estimate of drug-likeness (QED) is 0.642. The predicted molar refractivity (Wildman–Crippen MR) is 80.2 cm³/mol. The van der Waals surface area contributed by atoms with Crippen molar-refractivity contribution in [1.29, 1.82) is 0 Å². The zero-order chi connectivity index (χ0) is 14.0. The highest BCUT2D eigenvalue weighted by molar-refractivity contribution is 9.09. The molecular weight excluding hydrogens is 354 g/mol. The van der Waals surface area contributed by atoms with E-state index in [1.165, 1.54) is 6.07 Å². The van der Waals surface area contributed by atoms with Crippen molar-refractivity contribution in [3.05, 3.63) is 63.4 Å². The van der Waals surface area contributed by atoms with Gasteiger partial charge in [0.05, 0.1) is 11.9 Å². The van der Waals surface area contributed by atoms with Gasteiger partial charge >= 0.3 is 0 Å². The van der Waals surface area contributed by atoms with Crippen LogP contribution in [0.3, 0.4) is 0 Å². The zero-order valence-corrected chi connectivity index (χ0v) is 13.1. The number of rotatable bonds is 3. The van der Waals surface area contributed by atoms with E-state index in [1.54, 1.807) is 37.4 Å². The van der Waals surface area contributed by atoms with Gasteiger partial charge in [0.1, 0.15) is 11.6 Å². The SMILES string of the molecule is COc1ccc(Cl)cc1C(Br)c1c(F)cccc1Cl. The molecule has 0 aliphatic carbocycles. The first-order valence-electron chi connectivity index (χ1n) is 5.46. The Morgan fingerprint density at radius 1 is 1.21 bits per heavy atom. The second-order valence-electron chi connectivity index (χ2n) is 3.88. The summed E-state index contributed by atoms with van der Waals surface area (Å²) in [4.78, 5) is -0.435. The molecule has 2 rings (SSSR count). The van der Waals surface area contributed by atoms with Gasteiger partial charge in [-0.1, -0.05) is 45.2 Å². The minimum absolute atomic E-state index is 0.351. The van der Waals surface area contributed by atoms with Gasteiger partial charge in [0.15, 0.2) is 0 Å². The highest BCUT2D eigenvalue weighted by Gasteiger charge is 2.21. The molecule has 1 unspecified atom stereocenters. The van der Waals surface area contributed by atoms with Crippen LogP contribution in [0.2, 0.25) is 10.0 Å². The number of benzene rings is 2. The summed E-state index contributed by atoms with van der Waals surface area (Å²) in [6, 6.07) is 9.75. The molecule has 2 aromatic carbocycles. The lowest BCUT2D eigenvalue weighted by Gasteiger charge is -2.16. The molecule has 0 radical (unpaired) electrons. The smallest absolute Gasteiger partial charge is 0.129 e. The highest BCUT2D eigenvalue weighted by atomic mass is 79.9. The van der Waals surface area contributed by atoms with E-state index in [9.17, 15) is 4.39 Å². The van der Waals surface area contributed by atoms with E-state index in [0.29, 0.717) is 21.4 Å². The van der Waals surface area contributed by atoms with Crippen LogP contribution in [-0.2, 0) is 0 Å². The van der Waals surface area contributed by atoms with E-state index in [-0.39, 0.29) is 5.82 Å². The minimum atomic E-state index is -0.435. The van der Waals surface area contributed by atoms with E-state index in [2.05, 4.69) is 15.9 Å². The largest absolute Gasteiger partial charge is 0.496 e. The molecule has 1 atom stereocenters. The normalized spacial score (nSPS) is 12.3. The van der Waals surface area contributed by atoms with Gasteiger partial charge < -0.3 is 4.74 Å². The van der Waals surface area contributed by atoms with Crippen molar-refractivity contribution >= 4 is 39.1 Å². The molecule has 0 aliphatic rings. The second kappa shape index (κ2) is 6.12. The molecule has 2 aromatic rings. The van der Waals surface area contributed by atoms with Gasteiger partial charge in [-0.15, -0.1) is 0 Å². The summed E-state index contributed by atoms with van der Waals surface area (Å²) in [5.41, 5.74) is 1.09. The lowest BCUT2D eigenvalue weighted by Crippen LogP contribution is -2.00. The van der Waals surface area contributed by atoms with Crippen molar-refractivity contribution in [2.24, 2.45) is 0 Å². The summed E-state index contributed by atoms with van der Waals surface area (Å²) in [5.74, 6) is 0.238. The molecule has 5 heteroatoms. The van der Waals surface area contributed by atoms with Crippen LogP contribution in [0, 0.1) is 5.82 Å². The Kier molecular flexibility index (Phi) is 4.71. The first-order valence-corrected chi connectivity index (χ1v) is 7.13. The molecule has 1 nitrogen and oxygen atoms in total. The first-order chi connectivity index (χ1) is 9.04. The van der Waals surface area contributed by atoms with Crippen LogP contribution in [0.1, 0.15) is 16.0 Å². The molecular formula is C14H10BrCl2FO. The molecule has 0 aromatic heterocycles. The van der Waals surface area contributed by atoms with Crippen LogP contribution >= 0.6 is 39.1 Å². The van der Waals surface area contributed by atoms with Crippen LogP contribution in [0.4, 0.5) is 4.39 Å². The number of methoxy groups -OCH3 is 1. The van der Waals surface area contributed by atoms with Crippen LogP contribution in [0.5, 0.6) is 5.75 Å². The van der Waals surface area contributed by atoms with E-state index in [4.69, 9.17) is 27.9 Å². The average molecular weight is 364 g/mol. The predicted octanol–water partition coefficient (Wildman–Crippen LogP) is 5.63. The molecule has 19 heavy (non-hydrogen) atoms. The molecule has 0 saturated carbocycles. The second-order valence-corrected chi connectivity index (χ2v) is 5.64. The number of ether oxygens (including phenoxy) is 1. The van der Waals surface area contributed by atoms with E-state index in [0.717, 1.165) is 5.56 Å². The van der Waals surface area contributed by atoms with Crippen molar-refractivity contribution in [3.63, 3.8) is 0 Å². The van der Waals surface area contributed by atoms with Gasteiger partial charge in [0.2, 0.25) is 0 Å². The maximum absolute atomic E-state index is 13.9. The standard InChI is InChI=1S/C14H10BrCl2FO/c1-19-12-6-5-8(16)7-9(12)14(15)13-10(17)3-2-4-11(13)18/h2-7,14H,1H3. The Morgan fingerprint density at radius 3 is 2.58 bits per heavy atom.